The van der Waals surface area contributed by atoms with Crippen molar-refractivity contribution in [3.05, 3.63) is 30.6 Å². The number of imidazole rings is 1. The Morgan fingerprint density at radius 3 is 2.85 bits per heavy atom. The van der Waals surface area contributed by atoms with Gasteiger partial charge in [0.25, 0.3) is 5.91 Å². The van der Waals surface area contributed by atoms with Crippen LogP contribution in [0.1, 0.15) is 20.3 Å². The number of carbonyl (C=O) groups is 2. The number of amides is 1. The summed E-state index contributed by atoms with van der Waals surface area (Å²) >= 11 is 0. The molecule has 0 saturated heterocycles. The number of benzene rings is 1. The summed E-state index contributed by atoms with van der Waals surface area (Å²) in [5, 5.41) is 2.66. The van der Waals surface area contributed by atoms with Crippen molar-refractivity contribution in [3.63, 3.8) is 0 Å². The summed E-state index contributed by atoms with van der Waals surface area (Å²) in [5.74, 6) is -1.06. The van der Waals surface area contributed by atoms with Crippen LogP contribution in [0.3, 0.4) is 0 Å². The number of para-hydroxylation sites is 2. The average molecular weight is 273 g/mol. The first-order valence-corrected chi connectivity index (χ1v) is 6.85. The molecule has 0 fully saturated rings. The molecule has 106 valence electrons. The van der Waals surface area contributed by atoms with E-state index in [2.05, 4.69) is 10.3 Å². The van der Waals surface area contributed by atoms with E-state index in [0.29, 0.717) is 19.5 Å². The maximum absolute atomic E-state index is 11.6. The topological polar surface area (TPSA) is 64.0 Å². The third kappa shape index (κ3) is 3.04. The van der Waals surface area contributed by atoms with Crippen LogP contribution >= 0.6 is 0 Å². The Balaban J connectivity index is 1.90. The molecule has 1 aromatic heterocycles. The van der Waals surface area contributed by atoms with Crippen molar-refractivity contribution < 1.29 is 9.59 Å². The molecule has 0 aliphatic heterocycles. The SMILES string of the molecule is CC[C@H](C)C(=O)C(=O)NCCn1cnc2ccccc21. The molecule has 5 nitrogen and oxygen atoms in total. The lowest BCUT2D eigenvalue weighted by Gasteiger charge is -2.09. The number of hydrogen-bond donors (Lipinski definition) is 1. The van der Waals surface area contributed by atoms with E-state index in [4.69, 9.17) is 0 Å². The molecule has 0 saturated carbocycles. The summed E-state index contributed by atoms with van der Waals surface area (Å²) in [7, 11) is 0. The van der Waals surface area contributed by atoms with Crippen LogP contribution in [0.15, 0.2) is 30.6 Å². The van der Waals surface area contributed by atoms with Crippen molar-refractivity contribution in [2.24, 2.45) is 5.92 Å². The molecule has 2 rings (SSSR count). The summed E-state index contributed by atoms with van der Waals surface area (Å²) in [5.41, 5.74) is 1.95. The van der Waals surface area contributed by atoms with Gasteiger partial charge < -0.3 is 9.88 Å². The van der Waals surface area contributed by atoms with Crippen LogP contribution in [0.4, 0.5) is 0 Å². The van der Waals surface area contributed by atoms with Gasteiger partial charge in [0.2, 0.25) is 5.78 Å². The molecule has 0 aliphatic carbocycles. The van der Waals surface area contributed by atoms with Gasteiger partial charge in [-0.2, -0.15) is 0 Å². The number of Topliss-reactive ketones (excluding diaryl/α,β-unsaturated/α-hetero) is 1. The summed E-state index contributed by atoms with van der Waals surface area (Å²) < 4.78 is 1.96. The van der Waals surface area contributed by atoms with E-state index in [1.807, 2.05) is 35.8 Å². The zero-order chi connectivity index (χ0) is 14.5. The van der Waals surface area contributed by atoms with Crippen molar-refractivity contribution in [3.8, 4) is 0 Å². The maximum atomic E-state index is 11.6. The third-order valence-corrected chi connectivity index (χ3v) is 3.45. The number of rotatable bonds is 6. The fourth-order valence-corrected chi connectivity index (χ4v) is 1.97. The highest BCUT2D eigenvalue weighted by molar-refractivity contribution is 6.36. The number of carbonyl (C=O) groups excluding carboxylic acids is 2. The van der Waals surface area contributed by atoms with Crippen molar-refractivity contribution in [1.29, 1.82) is 0 Å². The van der Waals surface area contributed by atoms with Gasteiger partial charge in [-0.05, 0) is 18.6 Å². The molecule has 20 heavy (non-hydrogen) atoms. The predicted octanol–water partition coefficient (Wildman–Crippen LogP) is 1.77. The summed E-state index contributed by atoms with van der Waals surface area (Å²) in [6.07, 6.45) is 2.42. The van der Waals surface area contributed by atoms with E-state index in [-0.39, 0.29) is 11.7 Å². The van der Waals surface area contributed by atoms with Gasteiger partial charge >= 0.3 is 0 Å². The Hall–Kier alpha value is -2.17. The molecule has 0 spiro atoms. The van der Waals surface area contributed by atoms with Crippen LogP contribution in [-0.2, 0) is 16.1 Å². The van der Waals surface area contributed by atoms with E-state index < -0.39 is 5.91 Å². The minimum atomic E-state index is -0.497. The maximum Gasteiger partial charge on any atom is 0.287 e. The second-order valence-electron chi connectivity index (χ2n) is 4.86. The van der Waals surface area contributed by atoms with Crippen LogP contribution in [0.2, 0.25) is 0 Å². The second-order valence-corrected chi connectivity index (χ2v) is 4.86. The van der Waals surface area contributed by atoms with E-state index in [1.165, 1.54) is 0 Å². The van der Waals surface area contributed by atoms with Gasteiger partial charge in [-0.1, -0.05) is 26.0 Å². The molecule has 1 aromatic carbocycles. The number of nitrogens with zero attached hydrogens (tertiary/aromatic N) is 2. The number of aromatic nitrogens is 2. The Bertz CT molecular complexity index is 618. The van der Waals surface area contributed by atoms with Crippen LogP contribution in [0.5, 0.6) is 0 Å². The zero-order valence-corrected chi connectivity index (χ0v) is 11.8. The zero-order valence-electron chi connectivity index (χ0n) is 11.8. The fourth-order valence-electron chi connectivity index (χ4n) is 1.97. The summed E-state index contributed by atoms with van der Waals surface area (Å²) in [6.45, 7) is 4.68. The van der Waals surface area contributed by atoms with Crippen LogP contribution in [0.25, 0.3) is 11.0 Å². The van der Waals surface area contributed by atoms with Crippen molar-refractivity contribution in [2.45, 2.75) is 26.8 Å². The molecular formula is C15H19N3O2. The largest absolute Gasteiger partial charge is 0.348 e. The highest BCUT2D eigenvalue weighted by Crippen LogP contribution is 2.11. The van der Waals surface area contributed by atoms with Gasteiger partial charge in [0.15, 0.2) is 0 Å². The first-order valence-electron chi connectivity index (χ1n) is 6.85. The fraction of sp³-hybridized carbons (Fsp3) is 0.400. The molecule has 1 atom stereocenters. The standard InChI is InChI=1S/C15H19N3O2/c1-3-11(2)14(19)15(20)16-8-9-18-10-17-12-6-4-5-7-13(12)18/h4-7,10-11H,3,8-9H2,1-2H3,(H,16,20)/t11-/m0/s1. The van der Waals surface area contributed by atoms with Crippen molar-refractivity contribution in [1.82, 2.24) is 14.9 Å². The molecule has 1 heterocycles. The quantitative estimate of drug-likeness (QED) is 0.816. The molecule has 0 bridgehead atoms. The first-order chi connectivity index (χ1) is 9.63. The van der Waals surface area contributed by atoms with Crippen LogP contribution in [-0.4, -0.2) is 27.8 Å². The Labute approximate surface area is 118 Å². The molecule has 2 aromatic rings. The van der Waals surface area contributed by atoms with Gasteiger partial charge in [0.1, 0.15) is 0 Å². The Kier molecular flexibility index (Phi) is 4.50. The lowest BCUT2D eigenvalue weighted by molar-refractivity contribution is -0.140. The number of nitrogens with one attached hydrogen (secondary N) is 1. The van der Waals surface area contributed by atoms with Gasteiger partial charge in [0, 0.05) is 19.0 Å². The summed E-state index contributed by atoms with van der Waals surface area (Å²) in [6, 6.07) is 7.81. The smallest absolute Gasteiger partial charge is 0.287 e. The normalized spacial score (nSPS) is 12.3. The van der Waals surface area contributed by atoms with E-state index in [1.54, 1.807) is 13.3 Å². The molecule has 0 aliphatic rings. The van der Waals surface area contributed by atoms with Crippen LogP contribution in [0, 0.1) is 5.92 Å². The minimum Gasteiger partial charge on any atom is -0.348 e. The van der Waals surface area contributed by atoms with Crippen molar-refractivity contribution in [2.75, 3.05) is 6.54 Å². The van der Waals surface area contributed by atoms with E-state index >= 15 is 0 Å². The second kappa shape index (κ2) is 6.32. The minimum absolute atomic E-state index is 0.218. The number of hydrogen-bond acceptors (Lipinski definition) is 3. The van der Waals surface area contributed by atoms with Gasteiger partial charge in [-0.3, -0.25) is 9.59 Å². The Morgan fingerprint density at radius 2 is 2.10 bits per heavy atom. The molecular weight excluding hydrogens is 254 g/mol. The first kappa shape index (κ1) is 14.2. The number of fused-ring (bicyclic) bond motifs is 1. The third-order valence-electron chi connectivity index (χ3n) is 3.45. The molecule has 5 heteroatoms. The predicted molar refractivity (Wildman–Crippen MR) is 77.2 cm³/mol. The molecule has 0 radical (unpaired) electrons. The lowest BCUT2D eigenvalue weighted by atomic mass is 10.0. The molecule has 1 amide bonds. The monoisotopic (exact) mass is 273 g/mol. The highest BCUT2D eigenvalue weighted by Gasteiger charge is 2.18. The van der Waals surface area contributed by atoms with Gasteiger partial charge in [0.05, 0.1) is 17.4 Å². The van der Waals surface area contributed by atoms with Crippen molar-refractivity contribution >= 4 is 22.7 Å². The Morgan fingerprint density at radius 1 is 1.35 bits per heavy atom. The molecule has 1 N–H and O–H groups in total. The van der Waals surface area contributed by atoms with E-state index in [9.17, 15) is 9.59 Å². The average Bonchev–Trinajstić information content (AvgIpc) is 2.89. The van der Waals surface area contributed by atoms with E-state index in [0.717, 1.165) is 11.0 Å². The van der Waals surface area contributed by atoms with Gasteiger partial charge in [-0.15, -0.1) is 0 Å². The van der Waals surface area contributed by atoms with Crippen LogP contribution < -0.4 is 5.32 Å². The molecule has 0 unspecified atom stereocenters. The summed E-state index contributed by atoms with van der Waals surface area (Å²) in [4.78, 5) is 27.6. The highest BCUT2D eigenvalue weighted by atomic mass is 16.2. The van der Waals surface area contributed by atoms with Gasteiger partial charge in [-0.25, -0.2) is 4.98 Å². The number of ketones is 1. The lowest BCUT2D eigenvalue weighted by Crippen LogP contribution is -2.36.